The Hall–Kier alpha value is -4.89. The van der Waals surface area contributed by atoms with Crippen LogP contribution in [0.15, 0.2) is 97.1 Å². The van der Waals surface area contributed by atoms with Crippen LogP contribution in [-0.4, -0.2) is 75.1 Å². The van der Waals surface area contributed by atoms with E-state index in [1.165, 1.54) is 5.01 Å². The maximum Gasteiger partial charge on any atom is 0.332 e. The van der Waals surface area contributed by atoms with Crippen LogP contribution < -0.4 is 5.32 Å². The largest absolute Gasteiger partial charge is 0.508 e. The molecular formula is C33H33N5O4. The molecule has 42 heavy (non-hydrogen) atoms. The second-order valence-corrected chi connectivity index (χ2v) is 10.8. The molecule has 0 aromatic heterocycles. The Morgan fingerprint density at radius 1 is 0.905 bits per heavy atom. The summed E-state index contributed by atoms with van der Waals surface area (Å²) in [5.74, 6) is -0.209. The summed E-state index contributed by atoms with van der Waals surface area (Å²) >= 11 is 0. The number of nitrogens with one attached hydrogen (secondary N) is 1. The predicted molar refractivity (Wildman–Crippen MR) is 159 cm³/mol. The Kier molecular flexibility index (Phi) is 7.50. The molecule has 2 heterocycles. The van der Waals surface area contributed by atoms with Gasteiger partial charge in [-0.1, -0.05) is 84.9 Å². The molecule has 4 aromatic rings. The Morgan fingerprint density at radius 3 is 2.40 bits per heavy atom. The first-order valence-electron chi connectivity index (χ1n) is 14.1. The van der Waals surface area contributed by atoms with Gasteiger partial charge >= 0.3 is 6.03 Å². The molecule has 0 spiro atoms. The molecule has 2 fully saturated rings. The standard InChI is InChI=1S/C33H33N5O4/c1-35(33(42)34-19-24-8-3-2-4-9-24)37-22-31(40)38-29(18-23-14-16-27(39)17-15-23)32(41)36(21-30(37)38)20-26-12-7-11-25-10-5-6-13-28(25)26/h2-17,29-30,39H,18-22H2,1H3,(H,34,42)/t29-,30?/m0/s1. The lowest BCUT2D eigenvalue weighted by Crippen LogP contribution is -2.65. The Labute approximate surface area is 244 Å². The molecule has 4 amide bonds. The van der Waals surface area contributed by atoms with Crippen molar-refractivity contribution in [3.05, 3.63) is 114 Å². The van der Waals surface area contributed by atoms with E-state index in [0.717, 1.165) is 27.5 Å². The van der Waals surface area contributed by atoms with Crippen molar-refractivity contribution in [2.75, 3.05) is 20.1 Å². The molecule has 2 saturated heterocycles. The van der Waals surface area contributed by atoms with Gasteiger partial charge in [-0.15, -0.1) is 0 Å². The molecule has 9 nitrogen and oxygen atoms in total. The monoisotopic (exact) mass is 563 g/mol. The molecule has 2 aliphatic heterocycles. The predicted octanol–water partition coefficient (Wildman–Crippen LogP) is 3.73. The van der Waals surface area contributed by atoms with Crippen molar-refractivity contribution in [3.63, 3.8) is 0 Å². The average Bonchev–Trinajstić information content (AvgIpc) is 3.34. The third kappa shape index (κ3) is 5.38. The lowest BCUT2D eigenvalue weighted by atomic mass is 9.99. The lowest BCUT2D eigenvalue weighted by molar-refractivity contribution is -0.157. The van der Waals surface area contributed by atoms with Gasteiger partial charge in [-0.2, -0.15) is 5.01 Å². The molecule has 0 radical (unpaired) electrons. The van der Waals surface area contributed by atoms with Crippen LogP contribution in [0.5, 0.6) is 5.75 Å². The molecule has 9 heteroatoms. The highest BCUT2D eigenvalue weighted by atomic mass is 16.3. The van der Waals surface area contributed by atoms with E-state index in [-0.39, 0.29) is 36.7 Å². The molecule has 4 aromatic carbocycles. The van der Waals surface area contributed by atoms with E-state index in [4.69, 9.17) is 0 Å². The summed E-state index contributed by atoms with van der Waals surface area (Å²) < 4.78 is 0. The number of benzene rings is 4. The number of aromatic hydroxyl groups is 1. The van der Waals surface area contributed by atoms with Gasteiger partial charge in [0.05, 0.1) is 13.1 Å². The number of hydrogen-bond acceptors (Lipinski definition) is 5. The fourth-order valence-electron chi connectivity index (χ4n) is 5.95. The number of hydrazine groups is 1. The minimum absolute atomic E-state index is 0.0125. The molecule has 2 aliphatic rings. The number of nitrogens with zero attached hydrogens (tertiary/aromatic N) is 4. The van der Waals surface area contributed by atoms with Gasteiger partial charge < -0.3 is 20.2 Å². The van der Waals surface area contributed by atoms with Crippen molar-refractivity contribution in [2.45, 2.75) is 31.7 Å². The first-order chi connectivity index (χ1) is 20.4. The van der Waals surface area contributed by atoms with Crippen LogP contribution in [0.1, 0.15) is 16.7 Å². The van der Waals surface area contributed by atoms with Crippen LogP contribution >= 0.6 is 0 Å². The summed E-state index contributed by atoms with van der Waals surface area (Å²) in [5, 5.41) is 18.1. The van der Waals surface area contributed by atoms with E-state index in [0.29, 0.717) is 19.5 Å². The smallest absolute Gasteiger partial charge is 0.332 e. The van der Waals surface area contributed by atoms with Gasteiger partial charge in [-0.25, -0.2) is 4.79 Å². The van der Waals surface area contributed by atoms with Crippen LogP contribution in [0.3, 0.4) is 0 Å². The van der Waals surface area contributed by atoms with Gasteiger partial charge in [0.1, 0.15) is 18.0 Å². The van der Waals surface area contributed by atoms with Crippen LogP contribution in [0.4, 0.5) is 4.79 Å². The molecule has 2 atom stereocenters. The van der Waals surface area contributed by atoms with E-state index >= 15 is 0 Å². The quantitative estimate of drug-likeness (QED) is 0.357. The summed E-state index contributed by atoms with van der Waals surface area (Å²) in [4.78, 5) is 44.2. The third-order valence-electron chi connectivity index (χ3n) is 8.14. The molecular weight excluding hydrogens is 530 g/mol. The fourth-order valence-corrected chi connectivity index (χ4v) is 5.95. The number of carbonyl (C=O) groups excluding carboxylic acids is 3. The highest BCUT2D eigenvalue weighted by Gasteiger charge is 2.51. The van der Waals surface area contributed by atoms with Crippen molar-refractivity contribution in [1.82, 2.24) is 25.1 Å². The van der Waals surface area contributed by atoms with E-state index in [9.17, 15) is 19.5 Å². The van der Waals surface area contributed by atoms with E-state index < -0.39 is 12.2 Å². The minimum atomic E-state index is -0.749. The molecule has 2 N–H and O–H groups in total. The summed E-state index contributed by atoms with van der Waals surface area (Å²) in [7, 11) is 1.65. The second-order valence-electron chi connectivity index (χ2n) is 10.8. The van der Waals surface area contributed by atoms with Crippen LogP contribution in [-0.2, 0) is 29.1 Å². The van der Waals surface area contributed by atoms with Crippen molar-refractivity contribution in [1.29, 1.82) is 0 Å². The van der Waals surface area contributed by atoms with Crippen molar-refractivity contribution < 1.29 is 19.5 Å². The first kappa shape index (κ1) is 27.3. The summed E-state index contributed by atoms with van der Waals surface area (Å²) in [5.41, 5.74) is 2.82. The summed E-state index contributed by atoms with van der Waals surface area (Å²) in [6.45, 7) is 0.982. The van der Waals surface area contributed by atoms with Gasteiger partial charge in [0.15, 0.2) is 0 Å². The number of urea groups is 1. The number of fused-ring (bicyclic) bond motifs is 2. The molecule has 0 bridgehead atoms. The highest BCUT2D eigenvalue weighted by Crippen LogP contribution is 2.31. The number of phenolic OH excluding ortho intramolecular Hbond substituents is 1. The number of hydrogen-bond donors (Lipinski definition) is 2. The molecule has 0 saturated carbocycles. The molecule has 214 valence electrons. The normalized spacial score (nSPS) is 18.8. The first-order valence-corrected chi connectivity index (χ1v) is 14.1. The number of phenols is 1. The topological polar surface area (TPSA) is 96.4 Å². The zero-order chi connectivity index (χ0) is 29.2. The Bertz CT molecular complexity index is 1600. The van der Waals surface area contributed by atoms with Gasteiger partial charge in [-0.05, 0) is 39.6 Å². The lowest BCUT2D eigenvalue weighted by Gasteiger charge is -2.46. The molecule has 6 rings (SSSR count). The van der Waals surface area contributed by atoms with Crippen molar-refractivity contribution in [3.8, 4) is 5.75 Å². The van der Waals surface area contributed by atoms with Crippen LogP contribution in [0.2, 0.25) is 0 Å². The zero-order valence-corrected chi connectivity index (χ0v) is 23.4. The fraction of sp³-hybridized carbons (Fsp3) is 0.242. The second kappa shape index (κ2) is 11.5. The summed E-state index contributed by atoms with van der Waals surface area (Å²) in [6, 6.07) is 29.4. The minimum Gasteiger partial charge on any atom is -0.508 e. The van der Waals surface area contributed by atoms with E-state index in [1.807, 2.05) is 66.7 Å². The maximum absolute atomic E-state index is 14.1. The molecule has 0 aliphatic carbocycles. The number of piperazine rings is 1. The van der Waals surface area contributed by atoms with Gasteiger partial charge in [0.25, 0.3) is 0 Å². The highest BCUT2D eigenvalue weighted by molar-refractivity contribution is 5.92. The van der Waals surface area contributed by atoms with Gasteiger partial charge in [0.2, 0.25) is 11.8 Å². The SMILES string of the molecule is CN(C(=O)NCc1ccccc1)N1CC(=O)N2C1CN(Cc1cccc3ccccc13)C(=O)[C@@H]2Cc1ccc(O)cc1. The van der Waals surface area contributed by atoms with E-state index in [2.05, 4.69) is 11.4 Å². The van der Waals surface area contributed by atoms with Crippen LogP contribution in [0, 0.1) is 0 Å². The van der Waals surface area contributed by atoms with E-state index in [1.54, 1.807) is 46.1 Å². The maximum atomic E-state index is 14.1. The number of carbonyl (C=O) groups is 3. The van der Waals surface area contributed by atoms with Gasteiger partial charge in [0, 0.05) is 26.6 Å². The van der Waals surface area contributed by atoms with Crippen molar-refractivity contribution in [2.24, 2.45) is 0 Å². The number of rotatable bonds is 7. The molecule has 1 unspecified atom stereocenters. The van der Waals surface area contributed by atoms with Crippen molar-refractivity contribution >= 4 is 28.6 Å². The van der Waals surface area contributed by atoms with Gasteiger partial charge in [-0.3, -0.25) is 14.6 Å². The average molecular weight is 564 g/mol. The summed E-state index contributed by atoms with van der Waals surface area (Å²) in [6.07, 6.45) is -0.217. The number of amides is 4. The van der Waals surface area contributed by atoms with Crippen LogP contribution in [0.25, 0.3) is 10.8 Å². The zero-order valence-electron chi connectivity index (χ0n) is 23.4. The third-order valence-corrected chi connectivity index (χ3v) is 8.14. The Morgan fingerprint density at radius 2 is 1.62 bits per heavy atom. The Balaban J connectivity index is 1.28.